The Morgan fingerprint density at radius 2 is 2.33 bits per heavy atom. The molecular weight excluding hydrogens is 158 g/mol. The van der Waals surface area contributed by atoms with Crippen molar-refractivity contribution in [3.05, 3.63) is 40.7 Å². The predicted molar refractivity (Wildman–Crippen MR) is 46.0 cm³/mol. The van der Waals surface area contributed by atoms with Crippen LogP contribution in [0.3, 0.4) is 0 Å². The van der Waals surface area contributed by atoms with E-state index in [9.17, 15) is 10.1 Å². The summed E-state index contributed by atoms with van der Waals surface area (Å²) in [6.45, 7) is 3.45. The van der Waals surface area contributed by atoms with Crippen LogP contribution >= 0.6 is 0 Å². The Morgan fingerprint density at radius 1 is 1.67 bits per heavy atom. The molecule has 0 amide bonds. The minimum absolute atomic E-state index is 0. The lowest BCUT2D eigenvalue weighted by Gasteiger charge is -1.91. The van der Waals surface area contributed by atoms with E-state index in [1.165, 1.54) is 24.4 Å². The van der Waals surface area contributed by atoms with Crippen molar-refractivity contribution in [2.75, 3.05) is 0 Å². The molecule has 0 radical (unpaired) electrons. The number of nitrogens with zero attached hydrogens (tertiary/aromatic N) is 2. The van der Waals surface area contributed by atoms with E-state index < -0.39 is 4.92 Å². The molecule has 0 saturated carbocycles. The standard InChI is InChI=1S/C7H6N2O2.H3N/c1-2-6-5-7(9(10)11)3-4-8-6;/h2-5H,1H2;1H3. The smallest absolute Gasteiger partial charge is 0.273 e. The third kappa shape index (κ3) is 2.14. The summed E-state index contributed by atoms with van der Waals surface area (Å²) in [6, 6.07) is 2.71. The molecule has 0 atom stereocenters. The monoisotopic (exact) mass is 167 g/mol. The van der Waals surface area contributed by atoms with Crippen molar-refractivity contribution >= 4 is 11.8 Å². The van der Waals surface area contributed by atoms with E-state index in [2.05, 4.69) is 11.6 Å². The predicted octanol–water partition coefficient (Wildman–Crippen LogP) is 1.79. The molecule has 64 valence electrons. The number of rotatable bonds is 2. The first kappa shape index (κ1) is 10.2. The fourth-order valence-electron chi connectivity index (χ4n) is 0.662. The fraction of sp³-hybridized carbons (Fsp3) is 0. The minimum Gasteiger partial charge on any atom is -0.344 e. The summed E-state index contributed by atoms with van der Waals surface area (Å²) < 4.78 is 0. The third-order valence-corrected chi connectivity index (χ3v) is 1.18. The van der Waals surface area contributed by atoms with Crippen LogP contribution in [0.2, 0.25) is 0 Å². The van der Waals surface area contributed by atoms with Gasteiger partial charge in [0.1, 0.15) is 0 Å². The van der Waals surface area contributed by atoms with Gasteiger partial charge in [-0.25, -0.2) is 0 Å². The van der Waals surface area contributed by atoms with Crippen molar-refractivity contribution in [1.29, 1.82) is 0 Å². The molecule has 0 unspecified atom stereocenters. The average molecular weight is 167 g/mol. The molecule has 12 heavy (non-hydrogen) atoms. The maximum atomic E-state index is 10.2. The minimum atomic E-state index is -0.464. The molecule has 1 aromatic rings. The van der Waals surface area contributed by atoms with Crippen LogP contribution < -0.4 is 6.15 Å². The van der Waals surface area contributed by atoms with Gasteiger partial charge in [0.15, 0.2) is 0 Å². The second kappa shape index (κ2) is 4.20. The summed E-state index contributed by atoms with van der Waals surface area (Å²) in [5.41, 5.74) is 0.550. The van der Waals surface area contributed by atoms with E-state index >= 15 is 0 Å². The molecule has 1 rings (SSSR count). The van der Waals surface area contributed by atoms with Gasteiger partial charge < -0.3 is 6.15 Å². The van der Waals surface area contributed by atoms with Gasteiger partial charge in [-0.2, -0.15) is 0 Å². The van der Waals surface area contributed by atoms with Crippen molar-refractivity contribution in [3.8, 4) is 0 Å². The van der Waals surface area contributed by atoms with E-state index in [4.69, 9.17) is 0 Å². The second-order valence-corrected chi connectivity index (χ2v) is 1.90. The summed E-state index contributed by atoms with van der Waals surface area (Å²) in [7, 11) is 0. The quantitative estimate of drug-likeness (QED) is 0.537. The molecule has 0 aromatic carbocycles. The average Bonchev–Trinajstić information content (AvgIpc) is 2.05. The van der Waals surface area contributed by atoms with Crippen LogP contribution in [0.4, 0.5) is 5.69 Å². The molecule has 0 spiro atoms. The van der Waals surface area contributed by atoms with Crippen molar-refractivity contribution in [3.63, 3.8) is 0 Å². The molecule has 5 heteroatoms. The number of nitro groups is 1. The molecule has 0 aliphatic carbocycles. The molecule has 0 fully saturated rings. The van der Waals surface area contributed by atoms with Gasteiger partial charge in [0.05, 0.1) is 10.6 Å². The molecule has 1 aromatic heterocycles. The van der Waals surface area contributed by atoms with Gasteiger partial charge in [-0.15, -0.1) is 0 Å². The number of aromatic nitrogens is 1. The Kier molecular flexibility index (Phi) is 3.58. The third-order valence-electron chi connectivity index (χ3n) is 1.18. The molecule has 0 aliphatic rings. The molecular formula is C7H9N3O2. The molecule has 0 saturated heterocycles. The fourth-order valence-corrected chi connectivity index (χ4v) is 0.662. The molecule has 0 bridgehead atoms. The Hall–Kier alpha value is -1.75. The highest BCUT2D eigenvalue weighted by molar-refractivity contribution is 5.46. The van der Waals surface area contributed by atoms with Crippen LogP contribution in [0.25, 0.3) is 6.08 Å². The second-order valence-electron chi connectivity index (χ2n) is 1.90. The van der Waals surface area contributed by atoms with Gasteiger partial charge in [-0.1, -0.05) is 6.58 Å². The maximum Gasteiger partial charge on any atom is 0.273 e. The van der Waals surface area contributed by atoms with Gasteiger partial charge in [-0.3, -0.25) is 15.1 Å². The van der Waals surface area contributed by atoms with Gasteiger partial charge >= 0.3 is 0 Å². The van der Waals surface area contributed by atoms with Crippen LogP contribution in [0, 0.1) is 10.1 Å². The normalized spacial score (nSPS) is 8.33. The van der Waals surface area contributed by atoms with Gasteiger partial charge in [-0.05, 0) is 6.08 Å². The van der Waals surface area contributed by atoms with Crippen LogP contribution in [0.1, 0.15) is 5.69 Å². The number of hydrogen-bond donors (Lipinski definition) is 1. The van der Waals surface area contributed by atoms with Crippen molar-refractivity contribution in [2.24, 2.45) is 0 Å². The van der Waals surface area contributed by atoms with E-state index in [1.54, 1.807) is 0 Å². The number of hydrogen-bond acceptors (Lipinski definition) is 4. The molecule has 0 aliphatic heterocycles. The van der Waals surface area contributed by atoms with Gasteiger partial charge in [0, 0.05) is 18.3 Å². The van der Waals surface area contributed by atoms with Gasteiger partial charge in [0.2, 0.25) is 0 Å². The van der Waals surface area contributed by atoms with E-state index in [1.807, 2.05) is 0 Å². The molecule has 1 heterocycles. The summed E-state index contributed by atoms with van der Waals surface area (Å²) in [5, 5.41) is 10.2. The zero-order chi connectivity index (χ0) is 8.27. The Bertz CT molecular complexity index is 298. The summed E-state index contributed by atoms with van der Waals surface area (Å²) in [6.07, 6.45) is 2.85. The van der Waals surface area contributed by atoms with Gasteiger partial charge in [0.25, 0.3) is 5.69 Å². The van der Waals surface area contributed by atoms with Crippen LogP contribution in [-0.2, 0) is 0 Å². The Morgan fingerprint density at radius 3 is 2.83 bits per heavy atom. The zero-order valence-electron chi connectivity index (χ0n) is 6.43. The van der Waals surface area contributed by atoms with Crippen LogP contribution in [-0.4, -0.2) is 9.91 Å². The Balaban J connectivity index is 0.00000121. The number of pyridine rings is 1. The highest BCUT2D eigenvalue weighted by atomic mass is 16.6. The van der Waals surface area contributed by atoms with Crippen molar-refractivity contribution in [1.82, 2.24) is 11.1 Å². The SMILES string of the molecule is C=Cc1cc([N+](=O)[O-])ccn1.N. The first-order valence-corrected chi connectivity index (χ1v) is 2.97. The summed E-state index contributed by atoms with van der Waals surface area (Å²) in [4.78, 5) is 13.6. The lowest BCUT2D eigenvalue weighted by molar-refractivity contribution is -0.384. The zero-order valence-corrected chi connectivity index (χ0v) is 6.43. The lowest BCUT2D eigenvalue weighted by atomic mass is 10.3. The first-order chi connectivity index (χ1) is 5.24. The highest BCUT2D eigenvalue weighted by Gasteiger charge is 2.03. The first-order valence-electron chi connectivity index (χ1n) is 2.97. The topological polar surface area (TPSA) is 91.0 Å². The highest BCUT2D eigenvalue weighted by Crippen LogP contribution is 2.10. The summed E-state index contributed by atoms with van der Waals surface area (Å²) in [5.74, 6) is 0. The van der Waals surface area contributed by atoms with E-state index in [0.717, 1.165) is 0 Å². The van der Waals surface area contributed by atoms with Crippen LogP contribution in [0.5, 0.6) is 0 Å². The van der Waals surface area contributed by atoms with E-state index in [-0.39, 0.29) is 11.8 Å². The van der Waals surface area contributed by atoms with Crippen molar-refractivity contribution < 1.29 is 4.92 Å². The lowest BCUT2D eigenvalue weighted by Crippen LogP contribution is -1.89. The van der Waals surface area contributed by atoms with Crippen molar-refractivity contribution in [2.45, 2.75) is 0 Å². The maximum absolute atomic E-state index is 10.2. The summed E-state index contributed by atoms with van der Waals surface area (Å²) >= 11 is 0. The van der Waals surface area contributed by atoms with Crippen LogP contribution in [0.15, 0.2) is 24.9 Å². The Labute approximate surface area is 69.5 Å². The molecule has 3 N–H and O–H groups in total. The molecule has 5 nitrogen and oxygen atoms in total. The van der Waals surface area contributed by atoms with E-state index in [0.29, 0.717) is 5.69 Å². The largest absolute Gasteiger partial charge is 0.344 e.